The van der Waals surface area contributed by atoms with Crippen molar-refractivity contribution in [2.24, 2.45) is 5.73 Å². The van der Waals surface area contributed by atoms with Gasteiger partial charge in [-0.15, -0.1) is 12.6 Å². The van der Waals surface area contributed by atoms with Gasteiger partial charge >= 0.3 is 0 Å². The van der Waals surface area contributed by atoms with Gasteiger partial charge in [0, 0.05) is 16.0 Å². The maximum absolute atomic E-state index is 11.9. The third-order valence-electron chi connectivity index (χ3n) is 2.17. The van der Waals surface area contributed by atoms with Gasteiger partial charge < -0.3 is 5.73 Å². The lowest BCUT2D eigenvalue weighted by atomic mass is 10.0. The Labute approximate surface area is 113 Å². The predicted molar refractivity (Wildman–Crippen MR) is 78.3 cm³/mol. The Morgan fingerprint density at radius 1 is 1.00 bits per heavy atom. The molecule has 0 heterocycles. The fraction of sp³-hybridized carbons (Fsp3) is 0.133. The first-order valence-electron chi connectivity index (χ1n) is 5.78. The van der Waals surface area contributed by atoms with Gasteiger partial charge in [-0.3, -0.25) is 4.79 Å². The molecule has 0 aromatic heterocycles. The molecule has 94 valence electrons. The predicted octanol–water partition coefficient (Wildman–Crippen LogP) is 3.17. The maximum Gasteiger partial charge on any atom is 0.193 e. The van der Waals surface area contributed by atoms with E-state index in [4.69, 9.17) is 5.73 Å². The zero-order valence-electron chi connectivity index (χ0n) is 10.3. The second-order valence-electron chi connectivity index (χ2n) is 3.65. The van der Waals surface area contributed by atoms with Crippen LogP contribution in [0.15, 0.2) is 59.5 Å². The van der Waals surface area contributed by atoms with Crippen LogP contribution in [0.4, 0.5) is 0 Å². The van der Waals surface area contributed by atoms with Crippen molar-refractivity contribution in [3.8, 4) is 0 Å². The van der Waals surface area contributed by atoms with Gasteiger partial charge in [0.25, 0.3) is 0 Å². The van der Waals surface area contributed by atoms with Gasteiger partial charge in [-0.05, 0) is 30.8 Å². The summed E-state index contributed by atoms with van der Waals surface area (Å²) < 4.78 is 0. The second kappa shape index (κ2) is 7.69. The summed E-state index contributed by atoms with van der Waals surface area (Å²) in [5.41, 5.74) is 6.25. The van der Waals surface area contributed by atoms with Crippen LogP contribution in [-0.4, -0.2) is 12.3 Å². The number of carbonyl (C=O) groups is 1. The normalized spacial score (nSPS) is 9.28. The SMILES string of the molecule is CCN.O=C(c1ccccc1)c1ccc(S)cc1. The van der Waals surface area contributed by atoms with Crippen LogP contribution in [0.5, 0.6) is 0 Å². The van der Waals surface area contributed by atoms with Crippen LogP contribution in [0, 0.1) is 0 Å². The van der Waals surface area contributed by atoms with Gasteiger partial charge in [-0.2, -0.15) is 0 Å². The molecule has 2 N–H and O–H groups in total. The molecule has 0 aliphatic rings. The Balaban J connectivity index is 0.000000492. The van der Waals surface area contributed by atoms with Crippen molar-refractivity contribution < 1.29 is 4.79 Å². The summed E-state index contributed by atoms with van der Waals surface area (Å²) in [6, 6.07) is 16.5. The van der Waals surface area contributed by atoms with Gasteiger partial charge in [0.15, 0.2) is 5.78 Å². The molecule has 2 nitrogen and oxygen atoms in total. The molecule has 0 atom stereocenters. The van der Waals surface area contributed by atoms with Gasteiger partial charge in [-0.25, -0.2) is 0 Å². The largest absolute Gasteiger partial charge is 0.331 e. The highest BCUT2D eigenvalue weighted by Crippen LogP contribution is 2.12. The Morgan fingerprint density at radius 2 is 1.44 bits per heavy atom. The lowest BCUT2D eigenvalue weighted by Gasteiger charge is -2.00. The van der Waals surface area contributed by atoms with Crippen molar-refractivity contribution in [3.05, 3.63) is 65.7 Å². The average molecular weight is 259 g/mol. The van der Waals surface area contributed by atoms with Crippen LogP contribution in [0.3, 0.4) is 0 Å². The standard InChI is InChI=1S/C13H10OS.C2H7N/c14-13(10-4-2-1-3-5-10)11-6-8-12(15)9-7-11;1-2-3/h1-9,15H;2-3H2,1H3. The molecule has 0 spiro atoms. The molecule has 0 aliphatic carbocycles. The van der Waals surface area contributed by atoms with Crippen molar-refractivity contribution in [3.63, 3.8) is 0 Å². The molecule has 3 heteroatoms. The van der Waals surface area contributed by atoms with E-state index in [1.54, 1.807) is 12.1 Å². The van der Waals surface area contributed by atoms with E-state index in [0.29, 0.717) is 11.1 Å². The summed E-state index contributed by atoms with van der Waals surface area (Å²) in [6.07, 6.45) is 0. The minimum atomic E-state index is 0.0453. The zero-order valence-corrected chi connectivity index (χ0v) is 11.2. The number of nitrogens with two attached hydrogens (primary N) is 1. The Morgan fingerprint density at radius 3 is 1.94 bits per heavy atom. The van der Waals surface area contributed by atoms with E-state index in [1.165, 1.54) is 0 Å². The lowest BCUT2D eigenvalue weighted by molar-refractivity contribution is 0.103. The fourth-order valence-corrected chi connectivity index (χ4v) is 1.52. The number of benzene rings is 2. The van der Waals surface area contributed by atoms with Gasteiger partial charge in [0.2, 0.25) is 0 Å². The Kier molecular flexibility index (Phi) is 6.19. The quantitative estimate of drug-likeness (QED) is 0.642. The van der Waals surface area contributed by atoms with E-state index in [9.17, 15) is 4.79 Å². The molecule has 0 aliphatic heterocycles. The first-order chi connectivity index (χ1) is 8.69. The highest BCUT2D eigenvalue weighted by atomic mass is 32.1. The summed E-state index contributed by atoms with van der Waals surface area (Å²) in [5.74, 6) is 0.0453. The zero-order chi connectivity index (χ0) is 13.4. The summed E-state index contributed by atoms with van der Waals surface area (Å²) in [7, 11) is 0. The van der Waals surface area contributed by atoms with E-state index in [2.05, 4.69) is 12.6 Å². The highest BCUT2D eigenvalue weighted by molar-refractivity contribution is 7.80. The van der Waals surface area contributed by atoms with Crippen molar-refractivity contribution >= 4 is 18.4 Å². The third kappa shape index (κ3) is 4.35. The topological polar surface area (TPSA) is 43.1 Å². The van der Waals surface area contributed by atoms with Crippen molar-refractivity contribution in [2.75, 3.05) is 6.54 Å². The minimum absolute atomic E-state index is 0.0453. The fourth-order valence-electron chi connectivity index (χ4n) is 1.37. The number of ketones is 1. The number of thiol groups is 1. The van der Waals surface area contributed by atoms with E-state index in [0.717, 1.165) is 11.4 Å². The lowest BCUT2D eigenvalue weighted by Crippen LogP contribution is -2.00. The Bertz CT molecular complexity index is 480. The van der Waals surface area contributed by atoms with Crippen molar-refractivity contribution in [1.29, 1.82) is 0 Å². The molecule has 2 aromatic carbocycles. The first kappa shape index (κ1) is 14.5. The summed E-state index contributed by atoms with van der Waals surface area (Å²) in [4.78, 5) is 12.8. The number of hydrogen-bond acceptors (Lipinski definition) is 3. The van der Waals surface area contributed by atoms with E-state index >= 15 is 0 Å². The molecule has 0 fully saturated rings. The van der Waals surface area contributed by atoms with Crippen LogP contribution < -0.4 is 5.73 Å². The molecular formula is C15H17NOS. The van der Waals surface area contributed by atoms with Gasteiger partial charge in [0.1, 0.15) is 0 Å². The maximum atomic E-state index is 11.9. The Hall–Kier alpha value is -1.58. The number of carbonyl (C=O) groups excluding carboxylic acids is 1. The molecule has 2 rings (SSSR count). The summed E-state index contributed by atoms with van der Waals surface area (Å²) in [6.45, 7) is 2.65. The molecule has 0 saturated carbocycles. The van der Waals surface area contributed by atoms with Crippen LogP contribution in [0.1, 0.15) is 22.8 Å². The third-order valence-corrected chi connectivity index (χ3v) is 2.46. The first-order valence-corrected chi connectivity index (χ1v) is 6.22. The number of rotatable bonds is 2. The van der Waals surface area contributed by atoms with E-state index in [-0.39, 0.29) is 5.78 Å². The van der Waals surface area contributed by atoms with E-state index < -0.39 is 0 Å². The monoisotopic (exact) mass is 259 g/mol. The minimum Gasteiger partial charge on any atom is -0.331 e. The molecule has 2 aromatic rings. The van der Waals surface area contributed by atoms with Crippen LogP contribution in [0.2, 0.25) is 0 Å². The van der Waals surface area contributed by atoms with Gasteiger partial charge in [-0.1, -0.05) is 37.3 Å². The summed E-state index contributed by atoms with van der Waals surface area (Å²) >= 11 is 4.18. The summed E-state index contributed by atoms with van der Waals surface area (Å²) in [5, 5.41) is 0. The van der Waals surface area contributed by atoms with Crippen LogP contribution in [-0.2, 0) is 0 Å². The molecule has 0 saturated heterocycles. The molecule has 0 bridgehead atoms. The average Bonchev–Trinajstić information content (AvgIpc) is 2.41. The van der Waals surface area contributed by atoms with Crippen LogP contribution in [0.25, 0.3) is 0 Å². The number of hydrogen-bond donors (Lipinski definition) is 2. The smallest absolute Gasteiger partial charge is 0.193 e. The molecule has 18 heavy (non-hydrogen) atoms. The second-order valence-corrected chi connectivity index (χ2v) is 4.17. The van der Waals surface area contributed by atoms with E-state index in [1.807, 2.05) is 49.4 Å². The molecule has 0 amide bonds. The van der Waals surface area contributed by atoms with Crippen LogP contribution >= 0.6 is 12.6 Å². The molecule has 0 radical (unpaired) electrons. The highest BCUT2D eigenvalue weighted by Gasteiger charge is 2.06. The van der Waals surface area contributed by atoms with Crippen molar-refractivity contribution in [1.82, 2.24) is 0 Å². The molecule has 0 unspecified atom stereocenters. The van der Waals surface area contributed by atoms with Gasteiger partial charge in [0.05, 0.1) is 0 Å². The molecular weight excluding hydrogens is 242 g/mol. The van der Waals surface area contributed by atoms with Crippen molar-refractivity contribution in [2.45, 2.75) is 11.8 Å².